The SMILES string of the molecule is CC(C)(O)c1ncc(-c2cn3c4c(nc3cc2Cl)CCCN4)cn1. The van der Waals surface area contributed by atoms with Crippen molar-refractivity contribution in [2.24, 2.45) is 0 Å². The Morgan fingerprint density at radius 3 is 2.75 bits per heavy atom. The molecule has 6 nitrogen and oxygen atoms in total. The van der Waals surface area contributed by atoms with Crippen molar-refractivity contribution in [2.75, 3.05) is 11.9 Å². The van der Waals surface area contributed by atoms with Gasteiger partial charge in [-0.15, -0.1) is 0 Å². The van der Waals surface area contributed by atoms with Gasteiger partial charge in [0.05, 0.1) is 10.7 Å². The molecule has 0 bridgehead atoms. The predicted octanol–water partition coefficient (Wildman–Crippen LogP) is 3.03. The lowest BCUT2D eigenvalue weighted by Gasteiger charge is -2.16. The van der Waals surface area contributed by atoms with Crippen molar-refractivity contribution in [2.45, 2.75) is 32.3 Å². The molecule has 3 aromatic rings. The summed E-state index contributed by atoms with van der Waals surface area (Å²) in [7, 11) is 0. The van der Waals surface area contributed by atoms with Gasteiger partial charge < -0.3 is 10.4 Å². The first-order chi connectivity index (χ1) is 11.4. The summed E-state index contributed by atoms with van der Waals surface area (Å²) in [5.74, 6) is 1.41. The second kappa shape index (κ2) is 5.43. The molecule has 0 unspecified atom stereocenters. The first-order valence-electron chi connectivity index (χ1n) is 7.93. The lowest BCUT2D eigenvalue weighted by atomic mass is 10.1. The van der Waals surface area contributed by atoms with Crippen LogP contribution in [0.4, 0.5) is 5.82 Å². The third-order valence-corrected chi connectivity index (χ3v) is 4.49. The smallest absolute Gasteiger partial charge is 0.159 e. The summed E-state index contributed by atoms with van der Waals surface area (Å²) in [5, 5.41) is 14.0. The molecular weight excluding hydrogens is 326 g/mol. The van der Waals surface area contributed by atoms with Crippen LogP contribution in [0.5, 0.6) is 0 Å². The molecule has 0 spiro atoms. The molecular formula is C17H18ClN5O. The van der Waals surface area contributed by atoms with Crippen LogP contribution >= 0.6 is 11.6 Å². The van der Waals surface area contributed by atoms with Crippen LogP contribution in [0, 0.1) is 0 Å². The molecule has 0 fully saturated rings. The van der Waals surface area contributed by atoms with Gasteiger partial charge in [-0.3, -0.25) is 4.40 Å². The van der Waals surface area contributed by atoms with E-state index in [-0.39, 0.29) is 0 Å². The normalized spacial score (nSPS) is 14.5. The number of anilines is 1. The van der Waals surface area contributed by atoms with Gasteiger partial charge in [0.15, 0.2) is 5.82 Å². The summed E-state index contributed by atoms with van der Waals surface area (Å²) < 4.78 is 2.03. The van der Waals surface area contributed by atoms with E-state index in [1.807, 2.05) is 16.7 Å². The Morgan fingerprint density at radius 1 is 1.29 bits per heavy atom. The van der Waals surface area contributed by atoms with Crippen LogP contribution in [-0.2, 0) is 12.0 Å². The van der Waals surface area contributed by atoms with Crippen molar-refractivity contribution in [1.82, 2.24) is 19.4 Å². The van der Waals surface area contributed by atoms with Gasteiger partial charge >= 0.3 is 0 Å². The van der Waals surface area contributed by atoms with Crippen LogP contribution < -0.4 is 5.32 Å². The summed E-state index contributed by atoms with van der Waals surface area (Å²) >= 11 is 6.45. The monoisotopic (exact) mass is 343 g/mol. The molecule has 1 aliphatic rings. The summed E-state index contributed by atoms with van der Waals surface area (Å²) in [6, 6.07) is 1.86. The fraction of sp³-hybridized carbons (Fsp3) is 0.353. The minimum atomic E-state index is -1.07. The Bertz CT molecular complexity index is 911. The highest BCUT2D eigenvalue weighted by molar-refractivity contribution is 6.33. The Morgan fingerprint density at radius 2 is 2.04 bits per heavy atom. The van der Waals surface area contributed by atoms with Gasteiger partial charge in [-0.25, -0.2) is 15.0 Å². The molecule has 7 heteroatoms. The number of halogens is 1. The number of nitrogens with one attached hydrogen (secondary N) is 1. The minimum absolute atomic E-state index is 0.380. The van der Waals surface area contributed by atoms with E-state index in [4.69, 9.17) is 11.6 Å². The number of aromatic nitrogens is 4. The van der Waals surface area contributed by atoms with Crippen LogP contribution in [0.25, 0.3) is 16.8 Å². The molecule has 0 atom stereocenters. The fourth-order valence-corrected chi connectivity index (χ4v) is 3.19. The average Bonchev–Trinajstić information content (AvgIpc) is 2.90. The van der Waals surface area contributed by atoms with Crippen molar-refractivity contribution in [3.05, 3.63) is 41.2 Å². The number of hydrogen-bond donors (Lipinski definition) is 2. The summed E-state index contributed by atoms with van der Waals surface area (Å²) in [6.45, 7) is 4.26. The van der Waals surface area contributed by atoms with Crippen LogP contribution in [0.3, 0.4) is 0 Å². The fourth-order valence-electron chi connectivity index (χ4n) is 2.93. The standard InChI is InChI=1S/C17H18ClN5O/c1-17(2,24)16-20-7-10(8-21-16)11-9-23-14(6-12(11)18)22-13-4-3-5-19-15(13)23/h6-9,19,24H,3-5H2,1-2H3. The lowest BCUT2D eigenvalue weighted by molar-refractivity contribution is 0.0687. The van der Waals surface area contributed by atoms with Crippen molar-refractivity contribution < 1.29 is 5.11 Å². The van der Waals surface area contributed by atoms with Crippen LogP contribution in [0.1, 0.15) is 31.8 Å². The topological polar surface area (TPSA) is 75.3 Å². The highest BCUT2D eigenvalue weighted by atomic mass is 35.5. The van der Waals surface area contributed by atoms with Crippen LogP contribution in [0.2, 0.25) is 5.02 Å². The third kappa shape index (κ3) is 2.52. The predicted molar refractivity (Wildman–Crippen MR) is 93.3 cm³/mol. The van der Waals surface area contributed by atoms with E-state index in [1.54, 1.807) is 26.2 Å². The lowest BCUT2D eigenvalue weighted by Crippen LogP contribution is -2.19. The summed E-state index contributed by atoms with van der Waals surface area (Å²) in [6.07, 6.45) is 7.39. The second-order valence-corrected chi connectivity index (χ2v) is 6.96. The van der Waals surface area contributed by atoms with E-state index in [2.05, 4.69) is 20.3 Å². The number of hydrogen-bond acceptors (Lipinski definition) is 5. The zero-order chi connectivity index (χ0) is 16.9. The van der Waals surface area contributed by atoms with E-state index in [1.165, 1.54) is 0 Å². The third-order valence-electron chi connectivity index (χ3n) is 4.17. The number of pyridine rings is 1. The van der Waals surface area contributed by atoms with Gasteiger partial charge in [-0.1, -0.05) is 11.6 Å². The van der Waals surface area contributed by atoms with Crippen LogP contribution in [-0.4, -0.2) is 31.0 Å². The van der Waals surface area contributed by atoms with Crippen LogP contribution in [0.15, 0.2) is 24.7 Å². The van der Waals surface area contributed by atoms with E-state index >= 15 is 0 Å². The molecule has 124 valence electrons. The number of aliphatic hydroxyl groups is 1. The molecule has 4 heterocycles. The van der Waals surface area contributed by atoms with Gasteiger partial charge in [0.2, 0.25) is 0 Å². The van der Waals surface area contributed by atoms with Gasteiger partial charge in [-0.05, 0) is 26.7 Å². The van der Waals surface area contributed by atoms with E-state index in [0.29, 0.717) is 10.8 Å². The van der Waals surface area contributed by atoms with Gasteiger partial charge in [0.25, 0.3) is 0 Å². The molecule has 0 radical (unpaired) electrons. The molecule has 0 aliphatic carbocycles. The Balaban J connectivity index is 1.83. The van der Waals surface area contributed by atoms with Gasteiger partial charge in [0, 0.05) is 42.3 Å². The molecule has 0 amide bonds. The minimum Gasteiger partial charge on any atom is -0.382 e. The second-order valence-electron chi connectivity index (χ2n) is 6.56. The Kier molecular flexibility index (Phi) is 3.47. The molecule has 0 aromatic carbocycles. The zero-order valence-electron chi connectivity index (χ0n) is 13.5. The number of nitrogens with zero attached hydrogens (tertiary/aromatic N) is 4. The molecule has 24 heavy (non-hydrogen) atoms. The number of rotatable bonds is 2. The zero-order valence-corrected chi connectivity index (χ0v) is 14.3. The molecule has 3 aromatic heterocycles. The summed E-state index contributed by atoms with van der Waals surface area (Å²) in [5.41, 5.74) is 2.46. The molecule has 4 rings (SSSR count). The summed E-state index contributed by atoms with van der Waals surface area (Å²) in [4.78, 5) is 13.2. The highest BCUT2D eigenvalue weighted by Crippen LogP contribution is 2.32. The van der Waals surface area contributed by atoms with Crippen molar-refractivity contribution >= 4 is 23.1 Å². The van der Waals surface area contributed by atoms with Crippen molar-refractivity contribution in [3.63, 3.8) is 0 Å². The maximum Gasteiger partial charge on any atom is 0.159 e. The van der Waals surface area contributed by atoms with E-state index in [0.717, 1.165) is 47.7 Å². The quantitative estimate of drug-likeness (QED) is 0.748. The van der Waals surface area contributed by atoms with Crippen molar-refractivity contribution in [3.8, 4) is 11.1 Å². The average molecular weight is 344 g/mol. The van der Waals surface area contributed by atoms with Gasteiger partial charge in [-0.2, -0.15) is 0 Å². The molecule has 0 saturated heterocycles. The van der Waals surface area contributed by atoms with E-state index in [9.17, 15) is 5.11 Å². The van der Waals surface area contributed by atoms with Gasteiger partial charge in [0.1, 0.15) is 17.1 Å². The number of imidazole rings is 1. The largest absolute Gasteiger partial charge is 0.382 e. The first kappa shape index (κ1) is 15.4. The van der Waals surface area contributed by atoms with Crippen molar-refractivity contribution in [1.29, 1.82) is 0 Å². The van der Waals surface area contributed by atoms with E-state index < -0.39 is 5.60 Å². The number of fused-ring (bicyclic) bond motifs is 3. The maximum absolute atomic E-state index is 9.98. The Labute approximate surface area is 144 Å². The molecule has 1 aliphatic heterocycles. The first-order valence-corrected chi connectivity index (χ1v) is 8.31. The molecule has 0 saturated carbocycles. The molecule has 2 N–H and O–H groups in total. The number of aryl methyl sites for hydroxylation is 1. The Hall–Kier alpha value is -2.18. The maximum atomic E-state index is 9.98. The highest BCUT2D eigenvalue weighted by Gasteiger charge is 2.21.